The van der Waals surface area contributed by atoms with E-state index in [0.29, 0.717) is 0 Å². The number of hydrogen-bond acceptors (Lipinski definition) is 5. The fraction of sp³-hybridized carbons (Fsp3) is 0.333. The van der Waals surface area contributed by atoms with Crippen LogP contribution in [0.4, 0.5) is 0 Å². The fourth-order valence-electron chi connectivity index (χ4n) is 1.85. The Hall–Kier alpha value is -1.71. The predicted molar refractivity (Wildman–Crippen MR) is 78.0 cm³/mol. The lowest BCUT2D eigenvalue weighted by Crippen LogP contribution is -2.28. The third kappa shape index (κ3) is 2.85. The zero-order valence-corrected chi connectivity index (χ0v) is 13.4. The van der Waals surface area contributed by atoms with Gasteiger partial charge in [0.15, 0.2) is 0 Å². The fourth-order valence-corrected chi connectivity index (χ4v) is 4.14. The predicted octanol–water partition coefficient (Wildman–Crippen LogP) is 1.61. The van der Waals surface area contributed by atoms with Crippen molar-refractivity contribution in [1.29, 1.82) is 0 Å². The molecule has 0 unspecified atom stereocenters. The Labute approximate surface area is 126 Å². The van der Waals surface area contributed by atoms with Gasteiger partial charge >= 0.3 is 5.97 Å². The van der Waals surface area contributed by atoms with Crippen LogP contribution in [0.3, 0.4) is 0 Å². The summed E-state index contributed by atoms with van der Waals surface area (Å²) in [5, 5.41) is 16.6. The summed E-state index contributed by atoms with van der Waals surface area (Å²) in [5.74, 6) is -1.32. The molecule has 0 fully saturated rings. The highest BCUT2D eigenvalue weighted by Crippen LogP contribution is 2.23. The summed E-state index contributed by atoms with van der Waals surface area (Å²) >= 11 is 1.45. The molecule has 0 atom stereocenters. The van der Waals surface area contributed by atoms with E-state index >= 15 is 0 Å². The third-order valence-electron chi connectivity index (χ3n) is 3.12. The van der Waals surface area contributed by atoms with Gasteiger partial charge < -0.3 is 5.11 Å². The maximum absolute atomic E-state index is 12.5. The van der Waals surface area contributed by atoms with Crippen molar-refractivity contribution in [2.45, 2.75) is 25.4 Å². The first-order chi connectivity index (χ1) is 9.75. The van der Waals surface area contributed by atoms with E-state index in [2.05, 4.69) is 10.2 Å². The van der Waals surface area contributed by atoms with E-state index in [9.17, 15) is 13.2 Å². The summed E-state index contributed by atoms with van der Waals surface area (Å²) < 4.78 is 26.1. The lowest BCUT2D eigenvalue weighted by atomic mass is 10.3. The minimum Gasteiger partial charge on any atom is -0.478 e. The second kappa shape index (κ2) is 5.58. The normalized spacial score (nSPS) is 12.0. The van der Waals surface area contributed by atoms with Crippen molar-refractivity contribution in [3.05, 3.63) is 33.1 Å². The van der Waals surface area contributed by atoms with E-state index < -0.39 is 21.0 Å². The van der Waals surface area contributed by atoms with Crippen LogP contribution in [-0.4, -0.2) is 41.0 Å². The smallest absolute Gasteiger partial charge is 0.340 e. The van der Waals surface area contributed by atoms with E-state index in [-0.39, 0.29) is 17.8 Å². The molecule has 0 bridgehead atoms. The molecule has 0 aliphatic carbocycles. The molecule has 21 heavy (non-hydrogen) atoms. The zero-order chi connectivity index (χ0) is 15.8. The number of aromatic nitrogens is 2. The van der Waals surface area contributed by atoms with Crippen molar-refractivity contribution in [1.82, 2.24) is 14.5 Å². The number of carboxylic acids is 1. The minimum absolute atomic E-state index is 0.177. The number of nitrogens with one attached hydrogen (secondary N) is 1. The first-order valence-electron chi connectivity index (χ1n) is 6.02. The molecule has 0 radical (unpaired) electrons. The number of aromatic carboxylic acids is 1. The zero-order valence-electron chi connectivity index (χ0n) is 11.7. The van der Waals surface area contributed by atoms with Gasteiger partial charge in [-0.25, -0.2) is 13.2 Å². The van der Waals surface area contributed by atoms with Gasteiger partial charge in [-0.3, -0.25) is 5.10 Å². The number of carboxylic acid groups (broad SMARTS) is 1. The summed E-state index contributed by atoms with van der Waals surface area (Å²) in [6.07, 6.45) is 0. The molecule has 2 heterocycles. The Kier molecular flexibility index (Phi) is 4.17. The van der Waals surface area contributed by atoms with Gasteiger partial charge in [-0.05, 0) is 30.9 Å². The number of sulfonamides is 1. The summed E-state index contributed by atoms with van der Waals surface area (Å²) in [5.41, 5.74) is 0.894. The van der Waals surface area contributed by atoms with Crippen LogP contribution in [0.15, 0.2) is 16.5 Å². The van der Waals surface area contributed by atoms with Crippen LogP contribution < -0.4 is 0 Å². The highest BCUT2D eigenvalue weighted by Gasteiger charge is 2.31. The molecule has 0 aliphatic heterocycles. The molecule has 0 amide bonds. The molecule has 0 spiro atoms. The summed E-state index contributed by atoms with van der Waals surface area (Å²) in [6.45, 7) is 3.54. The Morgan fingerprint density at radius 2 is 2.14 bits per heavy atom. The van der Waals surface area contributed by atoms with Crippen molar-refractivity contribution < 1.29 is 18.3 Å². The van der Waals surface area contributed by atoms with Crippen LogP contribution in [0.25, 0.3) is 0 Å². The number of H-pyrrole nitrogens is 1. The van der Waals surface area contributed by atoms with Gasteiger partial charge in [0.2, 0.25) is 5.03 Å². The van der Waals surface area contributed by atoms with Gasteiger partial charge in [-0.1, -0.05) is 0 Å². The lowest BCUT2D eigenvalue weighted by molar-refractivity contribution is 0.0691. The van der Waals surface area contributed by atoms with Crippen molar-refractivity contribution in [2.24, 2.45) is 0 Å². The van der Waals surface area contributed by atoms with E-state index in [4.69, 9.17) is 5.11 Å². The summed E-state index contributed by atoms with van der Waals surface area (Å²) in [6, 6.07) is 1.90. The molecule has 2 N–H and O–H groups in total. The second-order valence-electron chi connectivity index (χ2n) is 4.62. The molecule has 9 heteroatoms. The van der Waals surface area contributed by atoms with Gasteiger partial charge in [0.25, 0.3) is 10.0 Å². The monoisotopic (exact) mass is 329 g/mol. The molecule has 2 aromatic heterocycles. The lowest BCUT2D eigenvalue weighted by Gasteiger charge is -2.15. The largest absolute Gasteiger partial charge is 0.478 e. The standard InChI is InChI=1S/C12H15N3O4S2/c1-7-4-5-20-9(7)6-15(3)21(18,19)11-10(12(16)17)8(2)13-14-11/h4-5H,6H2,1-3H3,(H,13,14)(H,16,17). The van der Waals surface area contributed by atoms with Gasteiger partial charge in [0, 0.05) is 24.2 Å². The first kappa shape index (κ1) is 15.7. The number of thiophene rings is 1. The molecule has 114 valence electrons. The maximum atomic E-state index is 12.5. The van der Waals surface area contributed by atoms with Crippen molar-refractivity contribution in [3.8, 4) is 0 Å². The Bertz CT molecular complexity index is 776. The van der Waals surface area contributed by atoms with Crippen molar-refractivity contribution in [2.75, 3.05) is 7.05 Å². The second-order valence-corrected chi connectivity index (χ2v) is 7.58. The molecule has 2 rings (SSSR count). The SMILES string of the molecule is Cc1ccsc1CN(C)S(=O)(=O)c1n[nH]c(C)c1C(=O)O. The number of rotatable bonds is 5. The van der Waals surface area contributed by atoms with Crippen LogP contribution in [0, 0.1) is 13.8 Å². The van der Waals surface area contributed by atoms with Gasteiger partial charge in [0.05, 0.1) is 0 Å². The van der Waals surface area contributed by atoms with Crippen LogP contribution in [-0.2, 0) is 16.6 Å². The minimum atomic E-state index is -3.97. The average molecular weight is 329 g/mol. The van der Waals surface area contributed by atoms with E-state index in [1.54, 1.807) is 0 Å². The van der Waals surface area contributed by atoms with Gasteiger partial charge in [0.1, 0.15) is 5.56 Å². The van der Waals surface area contributed by atoms with Crippen LogP contribution in [0.1, 0.15) is 26.5 Å². The Balaban J connectivity index is 2.38. The number of carbonyl (C=O) groups is 1. The topological polar surface area (TPSA) is 103 Å². The Morgan fingerprint density at radius 1 is 1.48 bits per heavy atom. The van der Waals surface area contributed by atoms with Gasteiger partial charge in [-0.15, -0.1) is 11.3 Å². The van der Waals surface area contributed by atoms with E-state index in [1.807, 2.05) is 18.4 Å². The Morgan fingerprint density at radius 3 is 2.67 bits per heavy atom. The number of aryl methyl sites for hydroxylation is 2. The number of aromatic amines is 1. The number of hydrogen-bond donors (Lipinski definition) is 2. The highest BCUT2D eigenvalue weighted by atomic mass is 32.2. The quantitative estimate of drug-likeness (QED) is 0.867. The van der Waals surface area contributed by atoms with Crippen molar-refractivity contribution in [3.63, 3.8) is 0 Å². The molecular weight excluding hydrogens is 314 g/mol. The summed E-state index contributed by atoms with van der Waals surface area (Å²) in [7, 11) is -2.56. The molecular formula is C12H15N3O4S2. The maximum Gasteiger partial charge on any atom is 0.340 e. The molecule has 0 aliphatic rings. The molecule has 7 nitrogen and oxygen atoms in total. The molecule has 2 aromatic rings. The highest BCUT2D eigenvalue weighted by molar-refractivity contribution is 7.89. The van der Waals surface area contributed by atoms with Gasteiger partial charge in [-0.2, -0.15) is 9.40 Å². The van der Waals surface area contributed by atoms with E-state index in [0.717, 1.165) is 14.7 Å². The molecule has 0 aromatic carbocycles. The first-order valence-corrected chi connectivity index (χ1v) is 8.34. The van der Waals surface area contributed by atoms with Crippen molar-refractivity contribution >= 4 is 27.3 Å². The molecule has 0 saturated carbocycles. The summed E-state index contributed by atoms with van der Waals surface area (Å²) in [4.78, 5) is 12.1. The number of nitrogens with zero attached hydrogens (tertiary/aromatic N) is 2. The van der Waals surface area contributed by atoms with Crippen LogP contribution in [0.2, 0.25) is 0 Å². The van der Waals surface area contributed by atoms with Crippen LogP contribution >= 0.6 is 11.3 Å². The third-order valence-corrected chi connectivity index (χ3v) is 5.86. The average Bonchev–Trinajstić information content (AvgIpc) is 2.96. The van der Waals surface area contributed by atoms with Crippen LogP contribution in [0.5, 0.6) is 0 Å². The van der Waals surface area contributed by atoms with E-state index in [1.165, 1.54) is 25.3 Å². The molecule has 0 saturated heterocycles.